The third-order valence-corrected chi connectivity index (χ3v) is 5.86. The maximum absolute atomic E-state index is 14.4. The van der Waals surface area contributed by atoms with Gasteiger partial charge in [0.15, 0.2) is 5.76 Å². The average molecular weight is 448 g/mol. The summed E-state index contributed by atoms with van der Waals surface area (Å²) in [5, 5.41) is 7.47. The average Bonchev–Trinajstić information content (AvgIpc) is 3.49. The van der Waals surface area contributed by atoms with Crippen molar-refractivity contribution in [3.8, 4) is 11.3 Å². The Labute approximate surface area is 188 Å². The minimum Gasteiger partial charge on any atom is -0.459 e. The molecule has 33 heavy (non-hydrogen) atoms. The van der Waals surface area contributed by atoms with E-state index in [0.29, 0.717) is 54.0 Å². The molecule has 168 valence electrons. The third kappa shape index (κ3) is 3.97. The van der Waals surface area contributed by atoms with Gasteiger partial charge in [0.25, 0.3) is 17.5 Å². The van der Waals surface area contributed by atoms with Gasteiger partial charge in [0.2, 0.25) is 0 Å². The number of pyridine rings is 1. The lowest BCUT2D eigenvalue weighted by molar-refractivity contribution is 0.0667. The molecule has 0 aliphatic carbocycles. The summed E-state index contributed by atoms with van der Waals surface area (Å²) >= 11 is 0. The van der Waals surface area contributed by atoms with Gasteiger partial charge in [0.1, 0.15) is 5.82 Å². The van der Waals surface area contributed by atoms with Crippen LogP contribution in [0.4, 0.5) is 4.39 Å². The number of likely N-dealkylation sites (tertiary alicyclic amines) is 1. The molecule has 9 heteroatoms. The number of nitrogens with zero attached hydrogens (tertiary/aromatic N) is 3. The zero-order chi connectivity index (χ0) is 22.9. The van der Waals surface area contributed by atoms with Gasteiger partial charge in [-0.25, -0.2) is 9.37 Å². The lowest BCUT2D eigenvalue weighted by atomic mass is 10.0. The molecule has 4 aromatic rings. The second kappa shape index (κ2) is 8.50. The monoisotopic (exact) mass is 448 g/mol. The highest BCUT2D eigenvalue weighted by Crippen LogP contribution is 2.28. The van der Waals surface area contributed by atoms with E-state index in [1.54, 1.807) is 48.2 Å². The second-order valence-electron chi connectivity index (χ2n) is 8.00. The molecular weight excluding hydrogens is 427 g/mol. The lowest BCUT2D eigenvalue weighted by Crippen LogP contribution is -2.46. The quantitative estimate of drug-likeness (QED) is 0.507. The van der Waals surface area contributed by atoms with E-state index in [1.807, 2.05) is 0 Å². The lowest BCUT2D eigenvalue weighted by Gasteiger charge is -2.32. The molecule has 0 atom stereocenters. The van der Waals surface area contributed by atoms with E-state index in [-0.39, 0.29) is 29.1 Å². The van der Waals surface area contributed by atoms with Crippen molar-refractivity contribution >= 4 is 22.9 Å². The topological polar surface area (TPSA) is 101 Å². The maximum atomic E-state index is 14.4. The minimum absolute atomic E-state index is 0.113. The number of hydrogen-bond donors (Lipinski definition) is 1. The molecule has 8 nitrogen and oxygen atoms in total. The molecule has 1 aliphatic heterocycles. The molecule has 0 saturated carbocycles. The molecule has 5 rings (SSSR count). The first-order chi connectivity index (χ1) is 16.0. The SMILES string of the molecule is Cc1noc2nc(-c3ccccc3F)cc(C(=O)NC3CCN(C(=O)c4ccco4)CC3)c12. The first kappa shape index (κ1) is 20.9. The summed E-state index contributed by atoms with van der Waals surface area (Å²) in [7, 11) is 0. The van der Waals surface area contributed by atoms with Crippen LogP contribution in [0.25, 0.3) is 22.4 Å². The van der Waals surface area contributed by atoms with Crippen LogP contribution in [-0.2, 0) is 0 Å². The van der Waals surface area contributed by atoms with Crippen molar-refractivity contribution in [1.29, 1.82) is 0 Å². The van der Waals surface area contributed by atoms with Gasteiger partial charge in [0, 0.05) is 24.7 Å². The molecule has 0 spiro atoms. The Balaban J connectivity index is 1.36. The molecule has 0 bridgehead atoms. The van der Waals surface area contributed by atoms with E-state index in [4.69, 9.17) is 8.94 Å². The molecule has 0 unspecified atom stereocenters. The highest BCUT2D eigenvalue weighted by Gasteiger charge is 2.27. The smallest absolute Gasteiger partial charge is 0.289 e. The van der Waals surface area contributed by atoms with E-state index in [9.17, 15) is 14.0 Å². The summed E-state index contributed by atoms with van der Waals surface area (Å²) in [4.78, 5) is 31.8. The number of fused-ring (bicyclic) bond motifs is 1. The third-order valence-electron chi connectivity index (χ3n) is 5.86. The molecule has 1 fully saturated rings. The first-order valence-corrected chi connectivity index (χ1v) is 10.7. The fraction of sp³-hybridized carbons (Fsp3) is 0.250. The Morgan fingerprint density at radius 1 is 1.15 bits per heavy atom. The number of nitrogens with one attached hydrogen (secondary N) is 1. The number of carbonyl (C=O) groups is 2. The Bertz CT molecular complexity index is 1320. The van der Waals surface area contributed by atoms with Gasteiger partial charge < -0.3 is 19.2 Å². The highest BCUT2D eigenvalue weighted by atomic mass is 19.1. The second-order valence-corrected chi connectivity index (χ2v) is 8.00. The summed E-state index contributed by atoms with van der Waals surface area (Å²) in [5.74, 6) is -0.613. The number of hydrogen-bond acceptors (Lipinski definition) is 6. The van der Waals surface area contributed by atoms with Crippen molar-refractivity contribution in [3.63, 3.8) is 0 Å². The largest absolute Gasteiger partial charge is 0.459 e. The summed E-state index contributed by atoms with van der Waals surface area (Å²) in [6.07, 6.45) is 2.68. The van der Waals surface area contributed by atoms with Crippen LogP contribution in [0.3, 0.4) is 0 Å². The van der Waals surface area contributed by atoms with E-state index in [2.05, 4.69) is 15.5 Å². The van der Waals surface area contributed by atoms with Crippen LogP contribution in [0, 0.1) is 12.7 Å². The standard InChI is InChI=1S/C24H21FN4O4/c1-14-21-17(13-19(27-23(21)33-28-14)16-5-2-3-6-18(16)25)22(30)26-15-8-10-29(11-9-15)24(31)20-7-4-12-32-20/h2-7,12-13,15H,8-11H2,1H3,(H,26,30). The molecule has 3 aromatic heterocycles. The minimum atomic E-state index is -0.444. The molecule has 2 amide bonds. The molecule has 0 radical (unpaired) electrons. The maximum Gasteiger partial charge on any atom is 0.289 e. The fourth-order valence-electron chi connectivity index (χ4n) is 4.13. The Morgan fingerprint density at radius 3 is 2.67 bits per heavy atom. The summed E-state index contributed by atoms with van der Waals surface area (Å²) in [5.41, 5.74) is 1.60. The summed E-state index contributed by atoms with van der Waals surface area (Å²) < 4.78 is 24.8. The van der Waals surface area contributed by atoms with Crippen molar-refractivity contribution in [2.45, 2.75) is 25.8 Å². The fourth-order valence-corrected chi connectivity index (χ4v) is 4.13. The number of amides is 2. The Morgan fingerprint density at radius 2 is 1.94 bits per heavy atom. The number of furan rings is 1. The van der Waals surface area contributed by atoms with Crippen LogP contribution in [0.2, 0.25) is 0 Å². The van der Waals surface area contributed by atoms with E-state index in [1.165, 1.54) is 12.3 Å². The van der Waals surface area contributed by atoms with Gasteiger partial charge in [-0.3, -0.25) is 9.59 Å². The molecule has 1 saturated heterocycles. The molecular formula is C24H21FN4O4. The van der Waals surface area contributed by atoms with E-state index >= 15 is 0 Å². The van der Waals surface area contributed by atoms with Gasteiger partial charge in [-0.1, -0.05) is 17.3 Å². The van der Waals surface area contributed by atoms with Gasteiger partial charge >= 0.3 is 0 Å². The summed E-state index contributed by atoms with van der Waals surface area (Å²) in [6, 6.07) is 11.0. The van der Waals surface area contributed by atoms with Crippen molar-refractivity contribution in [2.24, 2.45) is 0 Å². The molecule has 1 N–H and O–H groups in total. The number of rotatable bonds is 4. The van der Waals surface area contributed by atoms with Crippen LogP contribution >= 0.6 is 0 Å². The zero-order valence-corrected chi connectivity index (χ0v) is 17.9. The summed E-state index contributed by atoms with van der Waals surface area (Å²) in [6.45, 7) is 2.73. The van der Waals surface area contributed by atoms with Crippen molar-refractivity contribution in [3.05, 3.63) is 71.6 Å². The number of carbonyl (C=O) groups excluding carboxylic acids is 2. The van der Waals surface area contributed by atoms with Gasteiger partial charge in [-0.15, -0.1) is 0 Å². The molecule has 1 aromatic carbocycles. The first-order valence-electron chi connectivity index (χ1n) is 10.7. The number of aryl methyl sites for hydroxylation is 1. The van der Waals surface area contributed by atoms with Crippen molar-refractivity contribution in [2.75, 3.05) is 13.1 Å². The number of piperidine rings is 1. The van der Waals surface area contributed by atoms with E-state index < -0.39 is 5.82 Å². The highest BCUT2D eigenvalue weighted by molar-refractivity contribution is 6.07. The normalized spacial score (nSPS) is 14.5. The predicted molar refractivity (Wildman–Crippen MR) is 117 cm³/mol. The Hall–Kier alpha value is -4.01. The zero-order valence-electron chi connectivity index (χ0n) is 17.9. The van der Waals surface area contributed by atoms with Crippen LogP contribution in [0.15, 0.2) is 57.7 Å². The van der Waals surface area contributed by atoms with Crippen LogP contribution in [0.5, 0.6) is 0 Å². The van der Waals surface area contributed by atoms with Crippen molar-refractivity contribution < 1.29 is 22.9 Å². The number of aromatic nitrogens is 2. The number of benzene rings is 1. The number of halogens is 1. The van der Waals surface area contributed by atoms with Gasteiger partial charge in [-0.05, 0) is 50.1 Å². The van der Waals surface area contributed by atoms with Crippen molar-refractivity contribution in [1.82, 2.24) is 20.4 Å². The van der Waals surface area contributed by atoms with Crippen LogP contribution in [0.1, 0.15) is 39.4 Å². The van der Waals surface area contributed by atoms with Gasteiger partial charge in [-0.2, -0.15) is 0 Å². The van der Waals surface area contributed by atoms with E-state index in [0.717, 1.165) is 0 Å². The van der Waals surface area contributed by atoms with Crippen LogP contribution < -0.4 is 5.32 Å². The molecule has 4 heterocycles. The molecule has 1 aliphatic rings. The van der Waals surface area contributed by atoms with Crippen LogP contribution in [-0.4, -0.2) is 46.0 Å². The predicted octanol–water partition coefficient (Wildman–Crippen LogP) is 3.96. The van der Waals surface area contributed by atoms with Gasteiger partial charge in [0.05, 0.1) is 28.6 Å². The Kier molecular flexibility index (Phi) is 5.37.